The first-order valence-electron chi connectivity index (χ1n) is 6.39. The summed E-state index contributed by atoms with van der Waals surface area (Å²) in [6.45, 7) is 6.08. The average Bonchev–Trinajstić information content (AvgIpc) is 2.71. The second kappa shape index (κ2) is 7.44. The van der Waals surface area contributed by atoms with Crippen molar-refractivity contribution in [1.29, 1.82) is 0 Å². The minimum absolute atomic E-state index is 0.0219. The van der Waals surface area contributed by atoms with Gasteiger partial charge in [-0.15, -0.1) is 0 Å². The smallest absolute Gasteiger partial charge is 0.270 e. The van der Waals surface area contributed by atoms with Gasteiger partial charge in [0.15, 0.2) is 0 Å². The Morgan fingerprint density at radius 3 is 2.78 bits per heavy atom. The molecule has 1 heterocycles. The van der Waals surface area contributed by atoms with Crippen molar-refractivity contribution < 1.29 is 9.90 Å². The number of rotatable bonds is 7. The summed E-state index contributed by atoms with van der Waals surface area (Å²) in [7, 11) is 0. The van der Waals surface area contributed by atoms with Gasteiger partial charge in [-0.1, -0.05) is 18.5 Å². The fraction of sp³-hybridized carbons (Fsp3) is 0.615. The molecule has 0 unspecified atom stereocenters. The van der Waals surface area contributed by atoms with Crippen LogP contribution >= 0.6 is 11.6 Å². The average molecular weight is 273 g/mol. The van der Waals surface area contributed by atoms with Crippen molar-refractivity contribution in [1.82, 2.24) is 9.47 Å². The Kier molecular flexibility index (Phi) is 6.22. The van der Waals surface area contributed by atoms with Crippen LogP contribution in [0.4, 0.5) is 0 Å². The molecule has 0 fully saturated rings. The summed E-state index contributed by atoms with van der Waals surface area (Å²) >= 11 is 5.97. The number of carbonyl (C=O) groups is 1. The largest absolute Gasteiger partial charge is 0.396 e. The highest BCUT2D eigenvalue weighted by Gasteiger charge is 2.18. The van der Waals surface area contributed by atoms with E-state index in [4.69, 9.17) is 16.7 Å². The maximum Gasteiger partial charge on any atom is 0.270 e. The number of nitrogens with zero attached hydrogens (tertiary/aromatic N) is 2. The molecule has 1 rings (SSSR count). The lowest BCUT2D eigenvalue weighted by molar-refractivity contribution is 0.0743. The molecule has 102 valence electrons. The zero-order valence-corrected chi connectivity index (χ0v) is 11.8. The summed E-state index contributed by atoms with van der Waals surface area (Å²) in [5.41, 5.74) is 0.627. The molecule has 0 aliphatic carbocycles. The van der Waals surface area contributed by atoms with E-state index in [2.05, 4.69) is 6.92 Å². The number of aliphatic hydroxyl groups is 1. The molecule has 1 aromatic heterocycles. The van der Waals surface area contributed by atoms with Gasteiger partial charge in [0, 0.05) is 32.4 Å². The molecule has 0 bridgehead atoms. The number of amides is 1. The molecular formula is C13H21ClN2O2. The molecule has 4 nitrogen and oxygen atoms in total. The first kappa shape index (κ1) is 15.1. The standard InChI is InChI=1S/C13H21ClN2O2/c1-3-6-16-10-11(14)9-12(16)13(18)15(4-2)7-5-8-17/h9-10,17H,3-8H2,1-2H3. The van der Waals surface area contributed by atoms with Gasteiger partial charge >= 0.3 is 0 Å². The molecular weight excluding hydrogens is 252 g/mol. The number of carbonyl (C=O) groups excluding carboxylic acids is 1. The van der Waals surface area contributed by atoms with Crippen LogP contribution in [0, 0.1) is 0 Å². The molecule has 0 aliphatic rings. The van der Waals surface area contributed by atoms with Gasteiger partial charge < -0.3 is 14.6 Å². The lowest BCUT2D eigenvalue weighted by atomic mass is 10.3. The van der Waals surface area contributed by atoms with Crippen molar-refractivity contribution in [2.75, 3.05) is 19.7 Å². The third-order valence-corrected chi connectivity index (χ3v) is 3.01. The third-order valence-electron chi connectivity index (χ3n) is 2.80. The van der Waals surface area contributed by atoms with E-state index in [1.54, 1.807) is 17.2 Å². The predicted molar refractivity (Wildman–Crippen MR) is 73.0 cm³/mol. The first-order chi connectivity index (χ1) is 8.63. The topological polar surface area (TPSA) is 45.5 Å². The molecule has 0 aromatic carbocycles. The van der Waals surface area contributed by atoms with E-state index in [1.165, 1.54) is 0 Å². The molecule has 1 amide bonds. The number of aryl methyl sites for hydroxylation is 1. The van der Waals surface area contributed by atoms with Crippen LogP contribution < -0.4 is 0 Å². The predicted octanol–water partition coefficient (Wildman–Crippen LogP) is 2.40. The summed E-state index contributed by atoms with van der Waals surface area (Å²) in [6, 6.07) is 1.71. The molecule has 18 heavy (non-hydrogen) atoms. The minimum atomic E-state index is -0.0219. The summed E-state index contributed by atoms with van der Waals surface area (Å²) in [5, 5.41) is 9.43. The zero-order chi connectivity index (χ0) is 13.5. The SMILES string of the molecule is CCCn1cc(Cl)cc1C(=O)N(CC)CCCO. The molecule has 5 heteroatoms. The van der Waals surface area contributed by atoms with Gasteiger partial charge in [-0.2, -0.15) is 0 Å². The van der Waals surface area contributed by atoms with Gasteiger partial charge in [0.1, 0.15) is 5.69 Å². The molecule has 0 spiro atoms. The lowest BCUT2D eigenvalue weighted by Crippen LogP contribution is -2.33. The molecule has 1 aromatic rings. The second-order valence-electron chi connectivity index (χ2n) is 4.20. The molecule has 0 saturated heterocycles. The van der Waals surface area contributed by atoms with Crippen LogP contribution in [0.15, 0.2) is 12.3 Å². The Balaban J connectivity index is 2.86. The maximum absolute atomic E-state index is 12.4. The Labute approximate surface area is 113 Å². The first-order valence-corrected chi connectivity index (χ1v) is 6.77. The van der Waals surface area contributed by atoms with E-state index in [1.807, 2.05) is 11.5 Å². The van der Waals surface area contributed by atoms with Gasteiger partial charge in [-0.3, -0.25) is 4.79 Å². The fourth-order valence-electron chi connectivity index (χ4n) is 1.91. The van der Waals surface area contributed by atoms with Crippen LogP contribution in [-0.2, 0) is 6.54 Å². The summed E-state index contributed by atoms with van der Waals surface area (Å²) in [4.78, 5) is 14.1. The van der Waals surface area contributed by atoms with Crippen LogP contribution in [0.3, 0.4) is 0 Å². The van der Waals surface area contributed by atoms with Crippen molar-refractivity contribution >= 4 is 17.5 Å². The highest BCUT2D eigenvalue weighted by molar-refractivity contribution is 6.31. The van der Waals surface area contributed by atoms with Crippen LogP contribution in [0.25, 0.3) is 0 Å². The number of hydrogen-bond acceptors (Lipinski definition) is 2. The fourth-order valence-corrected chi connectivity index (χ4v) is 2.13. The van der Waals surface area contributed by atoms with Gasteiger partial charge in [0.2, 0.25) is 0 Å². The normalized spacial score (nSPS) is 10.7. The van der Waals surface area contributed by atoms with Gasteiger partial charge in [0.25, 0.3) is 5.91 Å². The Morgan fingerprint density at radius 1 is 1.50 bits per heavy atom. The maximum atomic E-state index is 12.4. The number of hydrogen-bond donors (Lipinski definition) is 1. The Morgan fingerprint density at radius 2 is 2.22 bits per heavy atom. The van der Waals surface area contributed by atoms with Crippen LogP contribution in [0.1, 0.15) is 37.2 Å². The Hall–Kier alpha value is -1.00. The monoisotopic (exact) mass is 272 g/mol. The minimum Gasteiger partial charge on any atom is -0.396 e. The molecule has 0 aliphatic heterocycles. The molecule has 0 saturated carbocycles. The van der Waals surface area contributed by atoms with E-state index < -0.39 is 0 Å². The highest BCUT2D eigenvalue weighted by Crippen LogP contribution is 2.16. The van der Waals surface area contributed by atoms with Crippen LogP contribution in [0.2, 0.25) is 5.02 Å². The summed E-state index contributed by atoms with van der Waals surface area (Å²) < 4.78 is 1.90. The van der Waals surface area contributed by atoms with E-state index in [9.17, 15) is 4.79 Å². The van der Waals surface area contributed by atoms with Crippen molar-refractivity contribution in [2.24, 2.45) is 0 Å². The lowest BCUT2D eigenvalue weighted by Gasteiger charge is -2.21. The van der Waals surface area contributed by atoms with E-state index in [0.717, 1.165) is 13.0 Å². The van der Waals surface area contributed by atoms with Crippen LogP contribution in [0.5, 0.6) is 0 Å². The van der Waals surface area contributed by atoms with Crippen molar-refractivity contribution in [2.45, 2.75) is 33.2 Å². The van der Waals surface area contributed by atoms with Gasteiger partial charge in [-0.25, -0.2) is 0 Å². The Bertz CT molecular complexity index is 390. The quantitative estimate of drug-likeness (QED) is 0.828. The zero-order valence-electron chi connectivity index (χ0n) is 11.0. The highest BCUT2D eigenvalue weighted by atomic mass is 35.5. The summed E-state index contributed by atoms with van der Waals surface area (Å²) in [6.07, 6.45) is 3.34. The van der Waals surface area contributed by atoms with Crippen LogP contribution in [-0.4, -0.2) is 40.2 Å². The molecule has 1 N–H and O–H groups in total. The third kappa shape index (κ3) is 3.75. The number of halogens is 1. The molecule has 0 atom stereocenters. The van der Waals surface area contributed by atoms with Gasteiger partial charge in [-0.05, 0) is 25.8 Å². The van der Waals surface area contributed by atoms with E-state index in [0.29, 0.717) is 30.2 Å². The van der Waals surface area contributed by atoms with E-state index in [-0.39, 0.29) is 12.5 Å². The number of aliphatic hydroxyl groups excluding tert-OH is 1. The van der Waals surface area contributed by atoms with Gasteiger partial charge in [0.05, 0.1) is 5.02 Å². The van der Waals surface area contributed by atoms with Crippen molar-refractivity contribution in [3.63, 3.8) is 0 Å². The molecule has 0 radical (unpaired) electrons. The second-order valence-corrected chi connectivity index (χ2v) is 4.64. The number of aromatic nitrogens is 1. The van der Waals surface area contributed by atoms with Crippen molar-refractivity contribution in [3.8, 4) is 0 Å². The van der Waals surface area contributed by atoms with Crippen molar-refractivity contribution in [3.05, 3.63) is 23.0 Å². The summed E-state index contributed by atoms with van der Waals surface area (Å²) in [5.74, 6) is -0.0219. The van der Waals surface area contributed by atoms with E-state index >= 15 is 0 Å².